The van der Waals surface area contributed by atoms with Gasteiger partial charge in [-0.3, -0.25) is 14.4 Å². The van der Waals surface area contributed by atoms with Gasteiger partial charge in [-0.2, -0.15) is 0 Å². The molecule has 10 rings (SSSR count). The van der Waals surface area contributed by atoms with E-state index in [1.165, 1.54) is 10.6 Å². The summed E-state index contributed by atoms with van der Waals surface area (Å²) in [5, 5.41) is 17.9. The van der Waals surface area contributed by atoms with Crippen molar-refractivity contribution >= 4 is 34.7 Å². The molecule has 1 fully saturated rings. The van der Waals surface area contributed by atoms with Crippen LogP contribution in [0.1, 0.15) is 95.5 Å². The molecule has 1 unspecified atom stereocenters. The summed E-state index contributed by atoms with van der Waals surface area (Å²) in [6, 6.07) is 18.5. The van der Waals surface area contributed by atoms with Crippen molar-refractivity contribution in [2.24, 2.45) is 5.92 Å². The average Bonchev–Trinajstić information content (AvgIpc) is 3.98. The van der Waals surface area contributed by atoms with Crippen molar-refractivity contribution < 1.29 is 42.9 Å². The molecule has 0 bridgehead atoms. The predicted octanol–water partition coefficient (Wildman–Crippen LogP) is 5.92. The van der Waals surface area contributed by atoms with Crippen LogP contribution >= 0.6 is 0 Å². The number of amides is 2. The number of pyridine rings is 2. The first-order valence-electron chi connectivity index (χ1n) is 21.3. The summed E-state index contributed by atoms with van der Waals surface area (Å²) in [6.07, 6.45) is 0.943. The second kappa shape index (κ2) is 15.3. The van der Waals surface area contributed by atoms with Gasteiger partial charge in [0.25, 0.3) is 5.56 Å². The van der Waals surface area contributed by atoms with Gasteiger partial charge in [0.05, 0.1) is 48.2 Å². The largest absolute Gasteiger partial charge is 0.458 e. The number of carbonyl (C=O) groups is 4. The number of aliphatic hydroxyl groups is 1. The van der Waals surface area contributed by atoms with Crippen molar-refractivity contribution in [3.63, 3.8) is 0 Å². The number of ketones is 1. The van der Waals surface area contributed by atoms with E-state index in [2.05, 4.69) is 22.8 Å². The SMILES string of the molecule is CC[C@@]1(O)C(=O)OCc2c1cc1n(c2=O)Cc2c-1nc1cc(F)c(C)c3c1c2[C@@H](NC(=O)C(OCCC(=O)CNC(=O)OCC1c2ccccc2-c2ccccc21)C1CC1)CC3. The fraction of sp³-hybridized carbons (Fsp3) is 0.375. The summed E-state index contributed by atoms with van der Waals surface area (Å²) in [4.78, 5) is 71.4. The molecule has 2 aromatic heterocycles. The Labute approximate surface area is 355 Å². The molecule has 5 aliphatic rings. The number of aryl methyl sites for hydroxylation is 1. The minimum Gasteiger partial charge on any atom is -0.458 e. The van der Waals surface area contributed by atoms with Crippen molar-refractivity contribution in [3.8, 4) is 22.5 Å². The van der Waals surface area contributed by atoms with E-state index in [1.807, 2.05) is 36.4 Å². The van der Waals surface area contributed by atoms with Crippen LogP contribution in [0.4, 0.5) is 9.18 Å². The number of cyclic esters (lactones) is 1. The fourth-order valence-corrected chi connectivity index (χ4v) is 9.99. The Hall–Kier alpha value is -6.25. The number of fused-ring (bicyclic) bond motifs is 8. The molecule has 5 aromatic rings. The minimum absolute atomic E-state index is 0.0104. The summed E-state index contributed by atoms with van der Waals surface area (Å²) in [5.74, 6) is -2.00. The van der Waals surface area contributed by atoms with E-state index in [1.54, 1.807) is 19.9 Å². The lowest BCUT2D eigenvalue weighted by Crippen LogP contribution is -2.44. The molecule has 4 heterocycles. The lowest BCUT2D eigenvalue weighted by atomic mass is 9.81. The number of hydrogen-bond acceptors (Lipinski definition) is 10. The zero-order valence-corrected chi connectivity index (χ0v) is 34.3. The van der Waals surface area contributed by atoms with E-state index in [0.29, 0.717) is 40.9 Å². The molecule has 14 heteroatoms. The number of aromatic nitrogens is 2. The van der Waals surface area contributed by atoms with Gasteiger partial charge in [-0.05, 0) is 90.0 Å². The number of Topliss-reactive ketones (excluding diaryl/α,β-unsaturated/α-hetero) is 1. The first kappa shape index (κ1) is 39.9. The van der Waals surface area contributed by atoms with Gasteiger partial charge in [-0.1, -0.05) is 55.5 Å². The van der Waals surface area contributed by atoms with E-state index in [0.717, 1.165) is 51.6 Å². The predicted molar refractivity (Wildman–Crippen MR) is 224 cm³/mol. The lowest BCUT2D eigenvalue weighted by molar-refractivity contribution is -0.172. The molecular weight excluding hydrogens is 796 g/mol. The van der Waals surface area contributed by atoms with Crippen molar-refractivity contribution in [1.82, 2.24) is 20.2 Å². The van der Waals surface area contributed by atoms with Crippen molar-refractivity contribution in [3.05, 3.63) is 121 Å². The molecule has 3 aromatic carbocycles. The van der Waals surface area contributed by atoms with E-state index in [9.17, 15) is 29.1 Å². The summed E-state index contributed by atoms with van der Waals surface area (Å²) in [7, 11) is 0. The van der Waals surface area contributed by atoms with Crippen LogP contribution in [-0.2, 0) is 53.8 Å². The molecule has 2 amide bonds. The molecule has 62 heavy (non-hydrogen) atoms. The highest BCUT2D eigenvalue weighted by Crippen LogP contribution is 2.47. The Balaban J connectivity index is 0.824. The van der Waals surface area contributed by atoms with Gasteiger partial charge in [-0.15, -0.1) is 0 Å². The zero-order valence-electron chi connectivity index (χ0n) is 34.3. The molecule has 13 nitrogen and oxygen atoms in total. The van der Waals surface area contributed by atoms with Gasteiger partial charge in [0.1, 0.15) is 25.1 Å². The molecule has 2 aliphatic heterocycles. The molecule has 318 valence electrons. The van der Waals surface area contributed by atoms with Crippen LogP contribution in [0.2, 0.25) is 0 Å². The number of halogens is 1. The Bertz CT molecular complexity index is 2770. The van der Waals surface area contributed by atoms with Crippen LogP contribution in [0.25, 0.3) is 33.4 Å². The van der Waals surface area contributed by atoms with Crippen LogP contribution in [0.5, 0.6) is 0 Å². The monoisotopic (exact) mass is 840 g/mol. The molecule has 0 radical (unpaired) electrons. The third kappa shape index (κ3) is 6.49. The topological polar surface area (TPSA) is 175 Å². The van der Waals surface area contributed by atoms with Gasteiger partial charge in [0.15, 0.2) is 11.4 Å². The third-order valence-corrected chi connectivity index (χ3v) is 13.5. The number of alkyl carbamates (subject to hydrolysis) is 1. The normalized spacial score (nSPS) is 19.7. The Morgan fingerprint density at radius 3 is 2.45 bits per heavy atom. The van der Waals surface area contributed by atoms with Gasteiger partial charge in [-0.25, -0.2) is 19.0 Å². The number of hydrogen-bond donors (Lipinski definition) is 3. The van der Waals surface area contributed by atoms with Gasteiger partial charge in [0, 0.05) is 34.9 Å². The van der Waals surface area contributed by atoms with Crippen LogP contribution < -0.4 is 16.2 Å². The highest BCUT2D eigenvalue weighted by Gasteiger charge is 2.46. The Kier molecular flexibility index (Phi) is 9.82. The van der Waals surface area contributed by atoms with Gasteiger partial charge in [0.2, 0.25) is 5.91 Å². The average molecular weight is 841 g/mol. The number of nitrogens with zero attached hydrogens (tertiary/aromatic N) is 2. The lowest BCUT2D eigenvalue weighted by Gasteiger charge is -2.31. The van der Waals surface area contributed by atoms with E-state index in [4.69, 9.17) is 19.2 Å². The standard InChI is InChI=1S/C48H45FN4O9/c1-3-48(59)35-18-39-42-32(21-53(39)45(56)34(35)23-61-46(48)57)41-37(15-14-27-24(2)36(49)19-38(51-42)40(27)41)52-44(55)43(25-12-13-25)60-17-16-26(54)20-50-47(58)62-22-33-30-10-6-4-8-28(30)29-9-5-7-11-31(29)33/h4-11,18-19,25,33,37,43,59H,3,12-17,20-23H2,1-2H3,(H,50,58)(H,52,55)/t37-,43?,48-/m0/s1. The summed E-state index contributed by atoms with van der Waals surface area (Å²) in [5.41, 5.74) is 6.23. The van der Waals surface area contributed by atoms with Crippen LogP contribution in [0.15, 0.2) is 65.5 Å². The number of rotatable bonds is 12. The number of ether oxygens (including phenoxy) is 3. The number of esters is 1. The number of benzene rings is 3. The molecule has 1 saturated carbocycles. The second-order valence-electron chi connectivity index (χ2n) is 17.0. The first-order valence-corrected chi connectivity index (χ1v) is 21.3. The zero-order chi connectivity index (χ0) is 43.0. The quantitative estimate of drug-likeness (QED) is 0.126. The van der Waals surface area contributed by atoms with Crippen molar-refractivity contribution in [2.45, 2.75) is 89.2 Å². The molecule has 0 saturated heterocycles. The van der Waals surface area contributed by atoms with Crippen molar-refractivity contribution in [1.29, 1.82) is 0 Å². The maximum Gasteiger partial charge on any atom is 0.407 e. The maximum atomic E-state index is 15.4. The van der Waals surface area contributed by atoms with Gasteiger partial charge >= 0.3 is 12.1 Å². The third-order valence-electron chi connectivity index (χ3n) is 13.5. The fourth-order valence-electron chi connectivity index (χ4n) is 9.99. The minimum atomic E-state index is -2.01. The number of carbonyl (C=O) groups excluding carboxylic acids is 4. The molecule has 3 aliphatic carbocycles. The highest BCUT2D eigenvalue weighted by molar-refractivity contribution is 5.94. The van der Waals surface area contributed by atoms with E-state index < -0.39 is 41.2 Å². The second-order valence-corrected chi connectivity index (χ2v) is 17.0. The Morgan fingerprint density at radius 1 is 1.02 bits per heavy atom. The molecule has 3 N–H and O–H groups in total. The Morgan fingerprint density at radius 2 is 1.74 bits per heavy atom. The summed E-state index contributed by atoms with van der Waals surface area (Å²) >= 11 is 0. The highest BCUT2D eigenvalue weighted by atomic mass is 19.1. The van der Waals surface area contributed by atoms with E-state index in [-0.39, 0.29) is 80.4 Å². The van der Waals surface area contributed by atoms with Crippen LogP contribution in [0, 0.1) is 18.7 Å². The maximum absolute atomic E-state index is 15.4. The summed E-state index contributed by atoms with van der Waals surface area (Å²) < 4.78 is 33.9. The first-order chi connectivity index (χ1) is 30.0. The van der Waals surface area contributed by atoms with Crippen LogP contribution in [0.3, 0.4) is 0 Å². The number of nitrogens with one attached hydrogen (secondary N) is 2. The molecule has 0 spiro atoms. The molecular formula is C48H45FN4O9. The smallest absolute Gasteiger partial charge is 0.407 e. The van der Waals surface area contributed by atoms with Crippen molar-refractivity contribution in [2.75, 3.05) is 19.8 Å². The molecule has 3 atom stereocenters. The van der Waals surface area contributed by atoms with E-state index >= 15 is 4.39 Å². The van der Waals surface area contributed by atoms with Gasteiger partial charge < -0.3 is 34.5 Å². The van der Waals surface area contributed by atoms with Crippen LogP contribution in [-0.4, -0.2) is 64.3 Å². The summed E-state index contributed by atoms with van der Waals surface area (Å²) in [6.45, 7) is 3.05.